The minimum Gasteiger partial charge on any atom is -0.325 e. The molecule has 1 aromatic heterocycles. The van der Waals surface area contributed by atoms with E-state index in [1.165, 1.54) is 0 Å². The summed E-state index contributed by atoms with van der Waals surface area (Å²) in [6.45, 7) is 0. The summed E-state index contributed by atoms with van der Waals surface area (Å²) in [5.41, 5.74) is 1.64. The van der Waals surface area contributed by atoms with Gasteiger partial charge >= 0.3 is 0 Å². The third kappa shape index (κ3) is 2.91. The summed E-state index contributed by atoms with van der Waals surface area (Å²) in [6, 6.07) is 9.54. The van der Waals surface area contributed by atoms with Crippen molar-refractivity contribution in [3.8, 4) is 0 Å². The first-order valence-electron chi connectivity index (χ1n) is 11.6. The fraction of sp³-hybridized carbons (Fsp3) is 0.520. The maximum Gasteiger partial charge on any atom is 0.233 e. The Labute approximate surface area is 181 Å². The molecule has 160 valence electrons. The number of carbonyl (C=O) groups excluding carboxylic acids is 3. The molecular weight excluding hydrogens is 390 g/mol. The van der Waals surface area contributed by atoms with Gasteiger partial charge in [0.15, 0.2) is 0 Å². The lowest BCUT2D eigenvalue weighted by molar-refractivity contribution is -0.144. The molecule has 31 heavy (non-hydrogen) atoms. The molecule has 1 N–H and O–H groups in total. The molecule has 4 aliphatic rings. The number of aromatic nitrogens is 1. The second-order valence-corrected chi connectivity index (χ2v) is 9.80. The summed E-state index contributed by atoms with van der Waals surface area (Å²) in [5.74, 6) is 0.842. The number of anilines is 1. The number of imide groups is 1. The smallest absolute Gasteiger partial charge is 0.233 e. The predicted octanol–water partition coefficient (Wildman–Crippen LogP) is 3.76. The average molecular weight is 418 g/mol. The van der Waals surface area contributed by atoms with Gasteiger partial charge in [0.1, 0.15) is 0 Å². The summed E-state index contributed by atoms with van der Waals surface area (Å²) >= 11 is 0. The minimum absolute atomic E-state index is 0.0174. The summed E-state index contributed by atoms with van der Waals surface area (Å²) in [6.07, 6.45) is 7.89. The molecule has 6 nitrogen and oxygen atoms in total. The Kier molecular flexibility index (Phi) is 4.37. The number of hydrogen-bond acceptors (Lipinski definition) is 4. The molecule has 2 heterocycles. The van der Waals surface area contributed by atoms with Crippen molar-refractivity contribution in [3.63, 3.8) is 0 Å². The van der Waals surface area contributed by atoms with Crippen molar-refractivity contribution in [3.05, 3.63) is 36.5 Å². The molecular formula is C25H27N3O3. The number of pyridine rings is 1. The number of benzene rings is 1. The van der Waals surface area contributed by atoms with Gasteiger partial charge in [0.05, 0.1) is 23.0 Å². The Bertz CT molecular complexity index is 1040. The third-order valence-electron chi connectivity index (χ3n) is 8.30. The molecule has 0 radical (unpaired) electrons. The number of nitrogens with zero attached hydrogens (tertiary/aromatic N) is 2. The van der Waals surface area contributed by atoms with Gasteiger partial charge in [-0.25, -0.2) is 0 Å². The molecule has 1 saturated heterocycles. The van der Waals surface area contributed by atoms with Gasteiger partial charge in [0.25, 0.3) is 0 Å². The number of nitrogens with one attached hydrogen (secondary N) is 1. The molecule has 4 atom stereocenters. The Morgan fingerprint density at radius 1 is 0.903 bits per heavy atom. The van der Waals surface area contributed by atoms with Gasteiger partial charge in [-0.05, 0) is 81.0 Å². The highest BCUT2D eigenvalue weighted by atomic mass is 16.2. The third-order valence-corrected chi connectivity index (χ3v) is 8.30. The fourth-order valence-electron chi connectivity index (χ4n) is 6.84. The normalized spacial score (nSPS) is 34.4. The van der Waals surface area contributed by atoms with E-state index in [2.05, 4.69) is 10.3 Å². The van der Waals surface area contributed by atoms with Gasteiger partial charge in [-0.15, -0.1) is 0 Å². The lowest BCUT2D eigenvalue weighted by atomic mass is 9.81. The Balaban J connectivity index is 1.12. The van der Waals surface area contributed by atoms with Gasteiger partial charge < -0.3 is 5.32 Å². The van der Waals surface area contributed by atoms with Gasteiger partial charge in [-0.1, -0.05) is 6.07 Å². The van der Waals surface area contributed by atoms with Crippen LogP contribution in [0.25, 0.3) is 10.9 Å². The standard InChI is InChI=1S/C25H27N3O3/c29-23(27-20-5-1-4-19-18(20)3-2-12-26-19)14-8-10-17(11-9-14)28-24(30)21-15-6-7-16(13-15)22(21)25(28)31/h1-5,12,14-17,21-22H,6-11,13H2,(H,27,29)/t14?,15-,16+,17?,21-,22+. The lowest BCUT2D eigenvalue weighted by Gasteiger charge is -2.33. The zero-order chi connectivity index (χ0) is 21.1. The van der Waals surface area contributed by atoms with Gasteiger partial charge in [-0.2, -0.15) is 0 Å². The zero-order valence-electron chi connectivity index (χ0n) is 17.5. The second-order valence-electron chi connectivity index (χ2n) is 9.80. The van der Waals surface area contributed by atoms with Crippen molar-refractivity contribution >= 4 is 34.3 Å². The van der Waals surface area contributed by atoms with Crippen LogP contribution >= 0.6 is 0 Å². The van der Waals surface area contributed by atoms with Crippen LogP contribution in [0.4, 0.5) is 5.69 Å². The highest BCUT2D eigenvalue weighted by Gasteiger charge is 2.61. The van der Waals surface area contributed by atoms with Gasteiger partial charge in [0, 0.05) is 23.5 Å². The molecule has 1 aromatic carbocycles. The number of rotatable bonds is 3. The van der Waals surface area contributed by atoms with Gasteiger partial charge in [-0.3, -0.25) is 24.3 Å². The number of likely N-dealkylation sites (tertiary alicyclic amines) is 1. The van der Waals surface area contributed by atoms with E-state index in [1.807, 2.05) is 30.3 Å². The van der Waals surface area contributed by atoms with Crippen molar-refractivity contribution in [2.45, 2.75) is 51.0 Å². The summed E-state index contributed by atoms with van der Waals surface area (Å²) in [4.78, 5) is 45.1. The van der Waals surface area contributed by atoms with Crippen molar-refractivity contribution in [2.75, 3.05) is 5.32 Å². The van der Waals surface area contributed by atoms with Crippen LogP contribution in [-0.2, 0) is 14.4 Å². The topological polar surface area (TPSA) is 79.4 Å². The summed E-state index contributed by atoms with van der Waals surface area (Å²) in [5, 5.41) is 4.01. The molecule has 0 spiro atoms. The number of carbonyl (C=O) groups is 3. The first-order chi connectivity index (χ1) is 15.1. The second kappa shape index (κ2) is 7.14. The molecule has 1 aliphatic heterocycles. The largest absolute Gasteiger partial charge is 0.325 e. The van der Waals surface area contributed by atoms with E-state index in [1.54, 1.807) is 11.1 Å². The molecule has 2 aromatic rings. The number of fused-ring (bicyclic) bond motifs is 6. The molecule has 3 saturated carbocycles. The van der Waals surface area contributed by atoms with Crippen molar-refractivity contribution in [2.24, 2.45) is 29.6 Å². The Morgan fingerprint density at radius 3 is 2.32 bits per heavy atom. The molecule has 4 fully saturated rings. The van der Waals surface area contributed by atoms with Crippen molar-refractivity contribution < 1.29 is 14.4 Å². The van der Waals surface area contributed by atoms with E-state index in [-0.39, 0.29) is 41.5 Å². The van der Waals surface area contributed by atoms with E-state index in [4.69, 9.17) is 0 Å². The number of hydrogen-bond donors (Lipinski definition) is 1. The van der Waals surface area contributed by atoms with Crippen LogP contribution in [0.15, 0.2) is 36.5 Å². The first-order valence-corrected chi connectivity index (χ1v) is 11.6. The Hall–Kier alpha value is -2.76. The first kappa shape index (κ1) is 19.0. The highest BCUT2D eigenvalue weighted by Crippen LogP contribution is 2.56. The Morgan fingerprint density at radius 2 is 1.61 bits per heavy atom. The van der Waals surface area contributed by atoms with Crippen LogP contribution in [0.5, 0.6) is 0 Å². The maximum atomic E-state index is 13.1. The average Bonchev–Trinajstić information content (AvgIpc) is 3.48. The van der Waals surface area contributed by atoms with E-state index in [0.717, 1.165) is 48.7 Å². The molecule has 3 amide bonds. The molecule has 2 bridgehead atoms. The fourth-order valence-corrected chi connectivity index (χ4v) is 6.84. The number of amides is 3. The van der Waals surface area contributed by atoms with Crippen LogP contribution in [0.1, 0.15) is 44.9 Å². The van der Waals surface area contributed by atoms with Crippen LogP contribution in [0.2, 0.25) is 0 Å². The van der Waals surface area contributed by atoms with E-state index in [0.29, 0.717) is 24.7 Å². The van der Waals surface area contributed by atoms with E-state index < -0.39 is 0 Å². The SMILES string of the molecule is O=C(Nc1cccc2ncccc12)C1CCC(N2C(=O)[C@@H]3[C@@H]4CC[C@@H](C4)[C@@H]3C2=O)CC1. The molecule has 0 unspecified atom stereocenters. The predicted molar refractivity (Wildman–Crippen MR) is 116 cm³/mol. The van der Waals surface area contributed by atoms with Crippen molar-refractivity contribution in [1.82, 2.24) is 9.88 Å². The monoisotopic (exact) mass is 417 g/mol. The lowest BCUT2D eigenvalue weighted by Crippen LogP contribution is -2.44. The highest BCUT2D eigenvalue weighted by molar-refractivity contribution is 6.06. The summed E-state index contributed by atoms with van der Waals surface area (Å²) in [7, 11) is 0. The minimum atomic E-state index is -0.0911. The maximum absolute atomic E-state index is 13.1. The summed E-state index contributed by atoms with van der Waals surface area (Å²) < 4.78 is 0. The van der Waals surface area contributed by atoms with Crippen LogP contribution in [0, 0.1) is 29.6 Å². The van der Waals surface area contributed by atoms with E-state index >= 15 is 0 Å². The van der Waals surface area contributed by atoms with Crippen LogP contribution in [0.3, 0.4) is 0 Å². The van der Waals surface area contributed by atoms with Gasteiger partial charge in [0.2, 0.25) is 17.7 Å². The molecule has 6 rings (SSSR count). The van der Waals surface area contributed by atoms with Crippen molar-refractivity contribution in [1.29, 1.82) is 0 Å². The van der Waals surface area contributed by atoms with E-state index in [9.17, 15) is 14.4 Å². The zero-order valence-corrected chi connectivity index (χ0v) is 17.5. The molecule has 3 aliphatic carbocycles. The van der Waals surface area contributed by atoms with Crippen LogP contribution < -0.4 is 5.32 Å². The van der Waals surface area contributed by atoms with Crippen LogP contribution in [-0.4, -0.2) is 33.6 Å². The molecule has 6 heteroatoms. The quantitative estimate of drug-likeness (QED) is 0.771.